The number of rotatable bonds is 2. The third-order valence-electron chi connectivity index (χ3n) is 7.30. The fourth-order valence-electron chi connectivity index (χ4n) is 6.14. The Balaban J connectivity index is 1.61. The lowest BCUT2D eigenvalue weighted by molar-refractivity contribution is -0.164. The maximum Gasteiger partial charge on any atom is 0.417 e. The van der Waals surface area contributed by atoms with E-state index in [4.69, 9.17) is 14.7 Å². The summed E-state index contributed by atoms with van der Waals surface area (Å²) in [4.78, 5) is 26.5. The number of carbonyl (C=O) groups excluding carboxylic acids is 2. The van der Waals surface area contributed by atoms with Crippen LogP contribution < -0.4 is 10.2 Å². The molecule has 0 aromatic heterocycles. The lowest BCUT2D eigenvalue weighted by Crippen LogP contribution is -2.65. The van der Waals surface area contributed by atoms with Crippen LogP contribution in [-0.4, -0.2) is 53.1 Å². The minimum absolute atomic E-state index is 0.0497. The molecule has 2 amide bonds. The lowest BCUT2D eigenvalue weighted by Gasteiger charge is -2.45. The van der Waals surface area contributed by atoms with Crippen molar-refractivity contribution in [2.75, 3.05) is 11.5 Å². The highest BCUT2D eigenvalue weighted by Crippen LogP contribution is 2.65. The molecule has 8 nitrogen and oxygen atoms in total. The van der Waals surface area contributed by atoms with Gasteiger partial charge in [-0.15, -0.1) is 0 Å². The summed E-state index contributed by atoms with van der Waals surface area (Å²) in [5.41, 5.74) is -4.17. The number of aliphatic hydroxyl groups is 1. The van der Waals surface area contributed by atoms with Crippen LogP contribution in [0, 0.1) is 23.2 Å². The number of benzene rings is 1. The van der Waals surface area contributed by atoms with E-state index in [1.54, 1.807) is 6.92 Å². The number of amides is 2. The minimum atomic E-state index is -4.78. The molecule has 7 atom stereocenters. The number of carbonyl (C=O) groups is 2. The SMILES string of the molecule is CC(=O)N[C@@H]1[C@@H](O)[C@]23CCO[C@@H]4[C@H]2[C@@H](C(=O)N4c2ccc(C#N)c(C(F)(F)F)c2)[C@@]1(C)O3. The first-order valence-electron chi connectivity index (χ1n) is 10.2. The van der Waals surface area contributed by atoms with E-state index in [1.165, 1.54) is 24.0 Å². The molecule has 170 valence electrons. The molecule has 4 aliphatic rings. The van der Waals surface area contributed by atoms with E-state index in [-0.39, 0.29) is 18.7 Å². The van der Waals surface area contributed by atoms with Crippen molar-refractivity contribution in [3.05, 3.63) is 29.3 Å². The molecule has 32 heavy (non-hydrogen) atoms. The number of alkyl halides is 3. The summed E-state index contributed by atoms with van der Waals surface area (Å²) in [5, 5.41) is 22.8. The highest BCUT2D eigenvalue weighted by Gasteiger charge is 2.81. The molecule has 1 aromatic rings. The average molecular weight is 451 g/mol. The highest BCUT2D eigenvalue weighted by atomic mass is 19.4. The molecule has 1 spiro atoms. The predicted octanol–water partition coefficient (Wildman–Crippen LogP) is 1.31. The van der Waals surface area contributed by atoms with Gasteiger partial charge >= 0.3 is 6.18 Å². The summed E-state index contributed by atoms with van der Waals surface area (Å²) in [6, 6.07) is 3.76. The van der Waals surface area contributed by atoms with Crippen LogP contribution in [0.3, 0.4) is 0 Å². The van der Waals surface area contributed by atoms with Crippen molar-refractivity contribution in [3.8, 4) is 6.07 Å². The van der Waals surface area contributed by atoms with Crippen molar-refractivity contribution in [2.45, 2.75) is 56.0 Å². The van der Waals surface area contributed by atoms with E-state index in [0.29, 0.717) is 0 Å². The minimum Gasteiger partial charge on any atom is -0.388 e. The van der Waals surface area contributed by atoms with Crippen LogP contribution in [0.2, 0.25) is 0 Å². The Bertz CT molecular complexity index is 1070. The van der Waals surface area contributed by atoms with Crippen LogP contribution in [0.4, 0.5) is 18.9 Å². The van der Waals surface area contributed by atoms with Crippen molar-refractivity contribution in [1.29, 1.82) is 5.26 Å². The van der Waals surface area contributed by atoms with Gasteiger partial charge in [0, 0.05) is 19.0 Å². The molecule has 2 N–H and O–H groups in total. The molecule has 4 heterocycles. The standard InChI is InChI=1S/C21H20F3N3O5/c1-9(28)26-15-16(29)20-5-6-31-18-14(20)13(19(15,2)32-20)17(30)27(18)11-4-3-10(8-25)12(7-11)21(22,23)24/h3-4,7,13-16,18,29H,5-6H2,1-2H3,(H,26,28)/t13-,14+,15+,16+,18+,19+,20-/m0/s1. The third kappa shape index (κ3) is 2.48. The fraction of sp³-hybridized carbons (Fsp3) is 0.571. The lowest BCUT2D eigenvalue weighted by atomic mass is 9.62. The summed E-state index contributed by atoms with van der Waals surface area (Å²) in [7, 11) is 0. The molecule has 5 rings (SSSR count). The van der Waals surface area contributed by atoms with E-state index in [1.807, 2.05) is 0 Å². The number of nitrogens with zero attached hydrogens (tertiary/aromatic N) is 2. The van der Waals surface area contributed by atoms with Crippen molar-refractivity contribution in [3.63, 3.8) is 0 Å². The number of fused-ring (bicyclic) bond motifs is 2. The Kier molecular flexibility index (Phi) is 4.26. The number of aliphatic hydroxyl groups excluding tert-OH is 1. The second-order valence-electron chi connectivity index (χ2n) is 8.93. The van der Waals surface area contributed by atoms with Crippen LogP contribution in [0.1, 0.15) is 31.4 Å². The molecule has 11 heteroatoms. The smallest absolute Gasteiger partial charge is 0.388 e. The Hall–Kier alpha value is -2.68. The number of nitrogens with one attached hydrogen (secondary N) is 1. The zero-order chi connectivity index (χ0) is 23.2. The predicted molar refractivity (Wildman–Crippen MR) is 101 cm³/mol. The van der Waals surface area contributed by atoms with Crippen LogP contribution >= 0.6 is 0 Å². The van der Waals surface area contributed by atoms with Crippen LogP contribution in [0.25, 0.3) is 0 Å². The zero-order valence-corrected chi connectivity index (χ0v) is 17.1. The van der Waals surface area contributed by atoms with Crippen molar-refractivity contribution in [1.82, 2.24) is 5.32 Å². The average Bonchev–Trinajstić information content (AvgIpc) is 3.25. The summed E-state index contributed by atoms with van der Waals surface area (Å²) < 4.78 is 52.7. The first-order chi connectivity index (χ1) is 15.0. The van der Waals surface area contributed by atoms with Gasteiger partial charge in [0.15, 0.2) is 0 Å². The van der Waals surface area contributed by atoms with E-state index in [2.05, 4.69) is 5.32 Å². The van der Waals surface area contributed by atoms with Crippen molar-refractivity contribution >= 4 is 17.5 Å². The number of nitriles is 1. The van der Waals surface area contributed by atoms with Gasteiger partial charge < -0.3 is 19.9 Å². The molecule has 4 saturated heterocycles. The molecule has 0 radical (unpaired) electrons. The largest absolute Gasteiger partial charge is 0.417 e. The van der Waals surface area contributed by atoms with E-state index < -0.39 is 70.5 Å². The number of hydrogen-bond acceptors (Lipinski definition) is 6. The van der Waals surface area contributed by atoms with Gasteiger partial charge in [-0.05, 0) is 25.1 Å². The Morgan fingerprint density at radius 3 is 2.75 bits per heavy atom. The molecule has 2 bridgehead atoms. The van der Waals surface area contributed by atoms with Gasteiger partial charge in [0.25, 0.3) is 0 Å². The van der Waals surface area contributed by atoms with Gasteiger partial charge in [-0.1, -0.05) is 0 Å². The zero-order valence-electron chi connectivity index (χ0n) is 17.1. The summed E-state index contributed by atoms with van der Waals surface area (Å²) in [6.45, 7) is 3.04. The number of halogens is 3. The van der Waals surface area contributed by atoms with Gasteiger partial charge in [-0.2, -0.15) is 18.4 Å². The normalized spacial score (nSPS) is 39.7. The first-order valence-corrected chi connectivity index (χ1v) is 10.2. The molecule has 4 fully saturated rings. The molecule has 4 aliphatic heterocycles. The van der Waals surface area contributed by atoms with Gasteiger partial charge in [0.05, 0.1) is 41.7 Å². The molecule has 0 unspecified atom stereocenters. The maximum absolute atomic E-state index is 13.6. The monoisotopic (exact) mass is 451 g/mol. The van der Waals surface area contributed by atoms with Gasteiger partial charge in [-0.25, -0.2) is 0 Å². The van der Waals surface area contributed by atoms with E-state index >= 15 is 0 Å². The molecular formula is C21H20F3N3O5. The number of hydrogen-bond donors (Lipinski definition) is 2. The second-order valence-corrected chi connectivity index (χ2v) is 8.93. The maximum atomic E-state index is 13.6. The molecule has 1 aromatic carbocycles. The van der Waals surface area contributed by atoms with Crippen LogP contribution in [0.15, 0.2) is 18.2 Å². The van der Waals surface area contributed by atoms with Crippen LogP contribution in [0.5, 0.6) is 0 Å². The van der Waals surface area contributed by atoms with Crippen LogP contribution in [-0.2, 0) is 25.2 Å². The fourth-order valence-corrected chi connectivity index (χ4v) is 6.14. The highest BCUT2D eigenvalue weighted by molar-refractivity contribution is 6.00. The van der Waals surface area contributed by atoms with E-state index in [0.717, 1.165) is 12.1 Å². The van der Waals surface area contributed by atoms with Crippen molar-refractivity contribution < 1.29 is 37.3 Å². The van der Waals surface area contributed by atoms with E-state index in [9.17, 15) is 27.9 Å². The third-order valence-corrected chi connectivity index (χ3v) is 7.30. The first kappa shape index (κ1) is 21.2. The molecule has 0 saturated carbocycles. The summed E-state index contributed by atoms with van der Waals surface area (Å²) in [5.74, 6) is -2.37. The van der Waals surface area contributed by atoms with Gasteiger partial charge in [-0.3, -0.25) is 14.5 Å². The van der Waals surface area contributed by atoms with Gasteiger partial charge in [0.1, 0.15) is 23.5 Å². The number of anilines is 1. The molecular weight excluding hydrogens is 431 g/mol. The second kappa shape index (κ2) is 6.43. The summed E-state index contributed by atoms with van der Waals surface area (Å²) >= 11 is 0. The quantitative estimate of drug-likeness (QED) is 0.702. The Morgan fingerprint density at radius 1 is 1.41 bits per heavy atom. The topological polar surface area (TPSA) is 112 Å². The number of ether oxygens (including phenoxy) is 2. The summed E-state index contributed by atoms with van der Waals surface area (Å²) in [6.07, 6.45) is -6.55. The molecule has 0 aliphatic carbocycles. The Morgan fingerprint density at radius 2 is 2.12 bits per heavy atom. The Labute approximate surface area is 180 Å². The van der Waals surface area contributed by atoms with Crippen molar-refractivity contribution in [2.24, 2.45) is 11.8 Å². The van der Waals surface area contributed by atoms with Gasteiger partial charge in [0.2, 0.25) is 11.8 Å².